The Balaban J connectivity index is 1.31. The lowest BCUT2D eigenvalue weighted by atomic mass is 9.46. The lowest BCUT2D eigenvalue weighted by molar-refractivity contribution is -0.0471. The number of aryl methyl sites for hydroxylation is 1. The van der Waals surface area contributed by atoms with Crippen LogP contribution in [0.2, 0.25) is 0 Å². The van der Waals surface area contributed by atoms with Gasteiger partial charge in [-0.05, 0) is 81.5 Å². The van der Waals surface area contributed by atoms with Crippen LogP contribution in [-0.4, -0.2) is 31.6 Å². The number of rotatable bonds is 4. The van der Waals surface area contributed by atoms with Crippen LogP contribution in [0.25, 0.3) is 11.5 Å². The normalized spacial score (nSPS) is 31.0. The lowest BCUT2D eigenvalue weighted by Gasteiger charge is -2.60. The molecule has 7 nitrogen and oxygen atoms in total. The van der Waals surface area contributed by atoms with E-state index in [1.807, 2.05) is 31.2 Å². The SMILES string of the molecule is Cc1cccc(C(=O)NC23CC4CC(C2)CC(c2nnc(-c5cccnc5)o2)(C4)C3)n1. The molecule has 0 radical (unpaired) electrons. The number of nitrogens with one attached hydrogen (secondary N) is 1. The molecular formula is C24H25N5O2. The number of carbonyl (C=O) groups is 1. The van der Waals surface area contributed by atoms with Gasteiger partial charge in [-0.1, -0.05) is 6.07 Å². The summed E-state index contributed by atoms with van der Waals surface area (Å²) < 4.78 is 6.22. The Labute approximate surface area is 180 Å². The van der Waals surface area contributed by atoms with E-state index < -0.39 is 0 Å². The molecular weight excluding hydrogens is 390 g/mol. The van der Waals surface area contributed by atoms with Crippen molar-refractivity contribution < 1.29 is 9.21 Å². The summed E-state index contributed by atoms with van der Waals surface area (Å²) in [5.41, 5.74) is 1.78. The molecule has 0 aliphatic heterocycles. The number of hydrogen-bond acceptors (Lipinski definition) is 6. The van der Waals surface area contributed by atoms with Gasteiger partial charge < -0.3 is 9.73 Å². The number of hydrogen-bond donors (Lipinski definition) is 1. The molecule has 31 heavy (non-hydrogen) atoms. The van der Waals surface area contributed by atoms with E-state index >= 15 is 0 Å². The third-order valence-electron chi connectivity index (χ3n) is 7.35. The Morgan fingerprint density at radius 3 is 2.68 bits per heavy atom. The van der Waals surface area contributed by atoms with E-state index in [-0.39, 0.29) is 16.9 Å². The van der Waals surface area contributed by atoms with Crippen molar-refractivity contribution in [1.82, 2.24) is 25.5 Å². The largest absolute Gasteiger partial charge is 0.420 e. The first-order valence-corrected chi connectivity index (χ1v) is 11.0. The maximum absolute atomic E-state index is 13.1. The van der Waals surface area contributed by atoms with Crippen molar-refractivity contribution in [3.8, 4) is 11.5 Å². The maximum atomic E-state index is 13.1. The summed E-state index contributed by atoms with van der Waals surface area (Å²) in [6.45, 7) is 1.91. The molecule has 0 aromatic carbocycles. The second-order valence-corrected chi connectivity index (χ2v) is 9.79. The van der Waals surface area contributed by atoms with Gasteiger partial charge in [0.25, 0.3) is 5.91 Å². The van der Waals surface area contributed by atoms with Gasteiger partial charge in [0.1, 0.15) is 5.69 Å². The number of amides is 1. The van der Waals surface area contributed by atoms with Gasteiger partial charge in [-0.15, -0.1) is 10.2 Å². The quantitative estimate of drug-likeness (QED) is 0.695. The highest BCUT2D eigenvalue weighted by molar-refractivity contribution is 5.92. The monoisotopic (exact) mass is 415 g/mol. The second-order valence-electron chi connectivity index (χ2n) is 9.79. The maximum Gasteiger partial charge on any atom is 0.270 e. The molecule has 2 atom stereocenters. The molecule has 1 amide bonds. The van der Waals surface area contributed by atoms with E-state index in [2.05, 4.69) is 25.5 Å². The summed E-state index contributed by atoms with van der Waals surface area (Å²) in [5.74, 6) is 2.29. The third kappa shape index (κ3) is 3.14. The molecule has 7 heteroatoms. The Morgan fingerprint density at radius 1 is 1.10 bits per heavy atom. The number of aromatic nitrogens is 4. The first-order chi connectivity index (χ1) is 15.0. The van der Waals surface area contributed by atoms with Crippen molar-refractivity contribution in [1.29, 1.82) is 0 Å². The summed E-state index contributed by atoms with van der Waals surface area (Å²) in [6, 6.07) is 9.38. The smallest absolute Gasteiger partial charge is 0.270 e. The molecule has 4 bridgehead atoms. The summed E-state index contributed by atoms with van der Waals surface area (Å²) in [5, 5.41) is 12.2. The zero-order chi connectivity index (χ0) is 21.1. The first-order valence-electron chi connectivity index (χ1n) is 11.0. The van der Waals surface area contributed by atoms with Crippen LogP contribution < -0.4 is 5.32 Å². The van der Waals surface area contributed by atoms with Crippen LogP contribution in [0.5, 0.6) is 0 Å². The fourth-order valence-corrected chi connectivity index (χ4v) is 6.68. The molecule has 158 valence electrons. The average molecular weight is 415 g/mol. The molecule has 4 aliphatic rings. The summed E-state index contributed by atoms with van der Waals surface area (Å²) in [7, 11) is 0. The van der Waals surface area contributed by atoms with E-state index in [9.17, 15) is 4.79 Å². The molecule has 4 aliphatic carbocycles. The summed E-state index contributed by atoms with van der Waals surface area (Å²) >= 11 is 0. The molecule has 1 N–H and O–H groups in total. The van der Waals surface area contributed by atoms with Crippen molar-refractivity contribution in [2.24, 2.45) is 11.8 Å². The minimum absolute atomic E-state index is 0.0811. The fourth-order valence-electron chi connectivity index (χ4n) is 6.68. The molecule has 0 spiro atoms. The fraction of sp³-hybridized carbons (Fsp3) is 0.458. The van der Waals surface area contributed by atoms with Gasteiger partial charge in [-0.3, -0.25) is 9.78 Å². The van der Waals surface area contributed by atoms with E-state index in [1.165, 1.54) is 6.42 Å². The second kappa shape index (κ2) is 6.70. The van der Waals surface area contributed by atoms with Crippen molar-refractivity contribution in [2.75, 3.05) is 0 Å². The van der Waals surface area contributed by atoms with Crippen LogP contribution in [0.4, 0.5) is 0 Å². The highest BCUT2D eigenvalue weighted by Gasteiger charge is 2.60. The van der Waals surface area contributed by atoms with Gasteiger partial charge in [0.05, 0.1) is 11.0 Å². The van der Waals surface area contributed by atoms with Gasteiger partial charge in [-0.25, -0.2) is 4.98 Å². The molecule has 3 heterocycles. The van der Waals surface area contributed by atoms with Gasteiger partial charge in [0.2, 0.25) is 11.8 Å². The van der Waals surface area contributed by atoms with E-state index in [0.717, 1.165) is 43.4 Å². The molecule has 4 fully saturated rings. The molecule has 4 saturated carbocycles. The number of pyridine rings is 2. The highest BCUT2D eigenvalue weighted by atomic mass is 16.4. The van der Waals surface area contributed by atoms with Crippen LogP contribution in [0.3, 0.4) is 0 Å². The minimum atomic E-state index is -0.227. The van der Waals surface area contributed by atoms with Gasteiger partial charge in [-0.2, -0.15) is 0 Å². The van der Waals surface area contributed by atoms with Crippen molar-refractivity contribution in [3.63, 3.8) is 0 Å². The Kier molecular flexibility index (Phi) is 4.04. The Hall–Kier alpha value is -3.09. The highest BCUT2D eigenvalue weighted by Crippen LogP contribution is 2.62. The standard InChI is InChI=1S/C24H25N5O2/c1-15-4-2-6-19(26-15)20(30)27-24-11-16-8-17(12-24)10-23(9-16,14-24)22-29-28-21(31-22)18-5-3-7-25-13-18/h2-7,13,16-17H,8-12,14H2,1H3,(H,27,30). The predicted octanol–water partition coefficient (Wildman–Crippen LogP) is 3.86. The molecule has 3 aromatic heterocycles. The topological polar surface area (TPSA) is 93.8 Å². The Morgan fingerprint density at radius 2 is 1.94 bits per heavy atom. The van der Waals surface area contributed by atoms with E-state index in [1.54, 1.807) is 18.5 Å². The van der Waals surface area contributed by atoms with Crippen LogP contribution in [0.15, 0.2) is 47.1 Å². The lowest BCUT2D eigenvalue weighted by Crippen LogP contribution is -2.64. The van der Waals surface area contributed by atoms with Gasteiger partial charge >= 0.3 is 0 Å². The Bertz CT molecular complexity index is 1130. The zero-order valence-corrected chi connectivity index (χ0v) is 17.5. The van der Waals surface area contributed by atoms with Crippen molar-refractivity contribution >= 4 is 5.91 Å². The zero-order valence-electron chi connectivity index (χ0n) is 17.5. The summed E-state index contributed by atoms with van der Waals surface area (Å²) in [6.07, 6.45) is 9.70. The van der Waals surface area contributed by atoms with Gasteiger partial charge in [0, 0.05) is 23.6 Å². The molecule has 3 aromatic rings. The van der Waals surface area contributed by atoms with Gasteiger partial charge in [0.15, 0.2) is 0 Å². The summed E-state index contributed by atoms with van der Waals surface area (Å²) in [4.78, 5) is 21.7. The van der Waals surface area contributed by atoms with E-state index in [0.29, 0.717) is 29.3 Å². The minimum Gasteiger partial charge on any atom is -0.420 e. The van der Waals surface area contributed by atoms with Crippen molar-refractivity contribution in [2.45, 2.75) is 56.4 Å². The van der Waals surface area contributed by atoms with Crippen LogP contribution in [-0.2, 0) is 5.41 Å². The molecule has 0 saturated heterocycles. The first kappa shape index (κ1) is 18.7. The van der Waals surface area contributed by atoms with Crippen LogP contribution in [0.1, 0.15) is 60.6 Å². The predicted molar refractivity (Wildman–Crippen MR) is 113 cm³/mol. The van der Waals surface area contributed by atoms with E-state index in [4.69, 9.17) is 4.42 Å². The third-order valence-corrected chi connectivity index (χ3v) is 7.35. The number of carbonyl (C=O) groups excluding carboxylic acids is 1. The average Bonchev–Trinajstić information content (AvgIpc) is 3.24. The molecule has 7 rings (SSSR count). The molecule has 2 unspecified atom stereocenters. The van der Waals surface area contributed by atoms with Crippen LogP contribution in [0, 0.1) is 18.8 Å². The van der Waals surface area contributed by atoms with Crippen LogP contribution >= 0.6 is 0 Å². The number of nitrogens with zero attached hydrogens (tertiary/aromatic N) is 4. The van der Waals surface area contributed by atoms with Crippen molar-refractivity contribution in [3.05, 3.63) is 60.0 Å².